The third kappa shape index (κ3) is 3.45. The molecule has 0 aromatic carbocycles. The molecule has 0 spiro atoms. The summed E-state index contributed by atoms with van der Waals surface area (Å²) in [5, 5.41) is 14.6. The first kappa shape index (κ1) is 23.7. The highest BCUT2D eigenvalue weighted by Crippen LogP contribution is 2.67. The number of piperidine rings is 1. The van der Waals surface area contributed by atoms with Crippen LogP contribution in [-0.2, 0) is 14.3 Å². The molecule has 0 aromatic rings. The summed E-state index contributed by atoms with van der Waals surface area (Å²) in [6.07, 6.45) is 7.24. The van der Waals surface area contributed by atoms with Gasteiger partial charge in [0.25, 0.3) is 0 Å². The van der Waals surface area contributed by atoms with E-state index < -0.39 is 5.79 Å². The highest BCUT2D eigenvalue weighted by Gasteiger charge is 2.64. The first-order chi connectivity index (χ1) is 14.2. The van der Waals surface area contributed by atoms with Gasteiger partial charge in [-0.1, -0.05) is 33.8 Å². The van der Waals surface area contributed by atoms with E-state index in [1.54, 1.807) is 7.11 Å². The Kier molecular flexibility index (Phi) is 6.77. The van der Waals surface area contributed by atoms with Gasteiger partial charge < -0.3 is 19.9 Å². The van der Waals surface area contributed by atoms with E-state index in [2.05, 4.69) is 32.2 Å². The fourth-order valence-electron chi connectivity index (χ4n) is 7.78. The SMILES string of the molecule is CC.CCOC(C)(OC)C1CCC2C3CC=C4NC(=O)CCC4(C)C3C(O)CC21C. The van der Waals surface area contributed by atoms with E-state index in [1.165, 1.54) is 0 Å². The number of aliphatic hydroxyl groups is 1. The van der Waals surface area contributed by atoms with Gasteiger partial charge in [-0.15, -0.1) is 0 Å². The van der Waals surface area contributed by atoms with Gasteiger partial charge in [-0.3, -0.25) is 4.79 Å². The van der Waals surface area contributed by atoms with Gasteiger partial charge in [-0.25, -0.2) is 0 Å². The minimum Gasteiger partial charge on any atom is -0.393 e. The quantitative estimate of drug-likeness (QED) is 0.649. The number of amides is 1. The minimum absolute atomic E-state index is 0.000130. The number of fused-ring (bicyclic) bond motifs is 5. The van der Waals surface area contributed by atoms with E-state index in [4.69, 9.17) is 9.47 Å². The molecule has 1 heterocycles. The molecule has 5 nitrogen and oxygen atoms in total. The predicted molar refractivity (Wildman–Crippen MR) is 118 cm³/mol. The number of hydrogen-bond donors (Lipinski definition) is 2. The number of ether oxygens (including phenoxy) is 2. The summed E-state index contributed by atoms with van der Waals surface area (Å²) >= 11 is 0. The van der Waals surface area contributed by atoms with Crippen LogP contribution in [0.5, 0.6) is 0 Å². The summed E-state index contributed by atoms with van der Waals surface area (Å²) in [6.45, 7) is 13.3. The molecule has 2 N–H and O–H groups in total. The Bertz CT molecular complexity index is 678. The smallest absolute Gasteiger partial charge is 0.224 e. The Morgan fingerprint density at radius 2 is 2.00 bits per heavy atom. The average Bonchev–Trinajstić information content (AvgIpc) is 3.07. The number of methoxy groups -OCH3 is 1. The van der Waals surface area contributed by atoms with Crippen LogP contribution in [0.2, 0.25) is 0 Å². The van der Waals surface area contributed by atoms with Crippen molar-refractivity contribution in [2.24, 2.45) is 34.5 Å². The summed E-state index contributed by atoms with van der Waals surface area (Å²) in [5.41, 5.74) is 0.929. The normalized spacial score (nSPS) is 44.3. The van der Waals surface area contributed by atoms with Crippen molar-refractivity contribution in [3.05, 3.63) is 11.8 Å². The first-order valence-electron chi connectivity index (χ1n) is 12.1. The van der Waals surface area contributed by atoms with Crippen LogP contribution >= 0.6 is 0 Å². The molecule has 2 saturated carbocycles. The van der Waals surface area contributed by atoms with E-state index in [1.807, 2.05) is 20.8 Å². The molecule has 0 bridgehead atoms. The van der Waals surface area contributed by atoms with Gasteiger partial charge in [0.15, 0.2) is 5.79 Å². The second-order valence-electron chi connectivity index (χ2n) is 10.2. The molecule has 1 aliphatic heterocycles. The van der Waals surface area contributed by atoms with Crippen molar-refractivity contribution in [3.63, 3.8) is 0 Å². The fraction of sp³-hybridized carbons (Fsp3) is 0.880. The minimum atomic E-state index is -0.608. The third-order valence-electron chi connectivity index (χ3n) is 9.01. The molecule has 5 heteroatoms. The van der Waals surface area contributed by atoms with E-state index in [0.717, 1.165) is 37.8 Å². The zero-order valence-electron chi connectivity index (χ0n) is 20.1. The molecule has 8 atom stereocenters. The molecule has 4 rings (SSSR count). The zero-order chi connectivity index (χ0) is 22.3. The Morgan fingerprint density at radius 3 is 2.63 bits per heavy atom. The second kappa shape index (κ2) is 8.55. The maximum absolute atomic E-state index is 11.9. The molecule has 0 radical (unpaired) electrons. The summed E-state index contributed by atoms with van der Waals surface area (Å²) in [7, 11) is 1.75. The maximum atomic E-state index is 11.9. The van der Waals surface area contributed by atoms with E-state index >= 15 is 0 Å². The number of allylic oxidation sites excluding steroid dienone is 2. The topological polar surface area (TPSA) is 67.8 Å². The molecule has 30 heavy (non-hydrogen) atoms. The Labute approximate surface area is 183 Å². The van der Waals surface area contributed by atoms with Crippen molar-refractivity contribution in [1.29, 1.82) is 0 Å². The monoisotopic (exact) mass is 421 g/mol. The number of carbonyl (C=O) groups excluding carboxylic acids is 1. The zero-order valence-corrected chi connectivity index (χ0v) is 20.1. The summed E-state index contributed by atoms with van der Waals surface area (Å²) < 4.78 is 12.0. The Hall–Kier alpha value is -0.910. The maximum Gasteiger partial charge on any atom is 0.224 e. The molecule has 1 saturated heterocycles. The van der Waals surface area contributed by atoms with Crippen LogP contribution in [0.25, 0.3) is 0 Å². The van der Waals surface area contributed by atoms with Crippen LogP contribution in [0, 0.1) is 34.5 Å². The van der Waals surface area contributed by atoms with E-state index in [9.17, 15) is 9.90 Å². The fourth-order valence-corrected chi connectivity index (χ4v) is 7.78. The summed E-state index contributed by atoms with van der Waals surface area (Å²) in [4.78, 5) is 11.9. The second-order valence-corrected chi connectivity index (χ2v) is 10.2. The van der Waals surface area contributed by atoms with E-state index in [-0.39, 0.29) is 34.7 Å². The standard InChI is InChI=1S/C23H37NO4.C2H6/c1-6-28-23(4,27-5)17-9-8-15-14-7-10-18-21(2,12-11-19(26)24-18)20(14)16(25)13-22(15,17)3;1-2/h10,14-17,20,25H,6-9,11-13H2,1-5H3,(H,24,26);1-2H3. The number of carbonyl (C=O) groups is 1. The van der Waals surface area contributed by atoms with Crippen LogP contribution in [0.4, 0.5) is 0 Å². The molecule has 1 amide bonds. The number of hydrogen-bond acceptors (Lipinski definition) is 4. The van der Waals surface area contributed by atoms with Gasteiger partial charge in [-0.2, -0.15) is 0 Å². The van der Waals surface area contributed by atoms with Crippen molar-refractivity contribution in [2.75, 3.05) is 13.7 Å². The van der Waals surface area contributed by atoms with Crippen LogP contribution < -0.4 is 5.32 Å². The van der Waals surface area contributed by atoms with Crippen molar-refractivity contribution in [3.8, 4) is 0 Å². The lowest BCUT2D eigenvalue weighted by molar-refractivity contribution is -0.267. The van der Waals surface area contributed by atoms with Crippen LogP contribution in [0.1, 0.15) is 80.1 Å². The lowest BCUT2D eigenvalue weighted by Gasteiger charge is -2.59. The van der Waals surface area contributed by atoms with Gasteiger partial charge in [0, 0.05) is 37.2 Å². The molecule has 0 aromatic heterocycles. The highest BCUT2D eigenvalue weighted by atomic mass is 16.7. The van der Waals surface area contributed by atoms with E-state index in [0.29, 0.717) is 24.9 Å². The van der Waals surface area contributed by atoms with Gasteiger partial charge in [0.05, 0.1) is 6.10 Å². The molecule has 8 unspecified atom stereocenters. The van der Waals surface area contributed by atoms with Gasteiger partial charge in [0.2, 0.25) is 5.91 Å². The number of nitrogens with one attached hydrogen (secondary N) is 1. The van der Waals surface area contributed by atoms with Crippen molar-refractivity contribution >= 4 is 5.91 Å². The average molecular weight is 422 g/mol. The third-order valence-corrected chi connectivity index (χ3v) is 9.01. The highest BCUT2D eigenvalue weighted by molar-refractivity contribution is 5.79. The van der Waals surface area contributed by atoms with Crippen molar-refractivity contribution in [1.82, 2.24) is 5.32 Å². The van der Waals surface area contributed by atoms with Crippen LogP contribution in [0.3, 0.4) is 0 Å². The lowest BCUT2D eigenvalue weighted by Crippen LogP contribution is -2.60. The number of rotatable bonds is 4. The largest absolute Gasteiger partial charge is 0.393 e. The Morgan fingerprint density at radius 1 is 1.30 bits per heavy atom. The van der Waals surface area contributed by atoms with Crippen molar-refractivity contribution in [2.45, 2.75) is 92.0 Å². The molecular formula is C25H43NO4. The van der Waals surface area contributed by atoms with Gasteiger partial charge >= 0.3 is 0 Å². The van der Waals surface area contributed by atoms with Crippen molar-refractivity contribution < 1.29 is 19.4 Å². The first-order valence-corrected chi connectivity index (χ1v) is 12.1. The number of aliphatic hydroxyl groups excluding tert-OH is 1. The summed E-state index contributed by atoms with van der Waals surface area (Å²) in [6, 6.07) is 0. The van der Waals surface area contributed by atoms with Crippen LogP contribution in [-0.4, -0.2) is 36.6 Å². The lowest BCUT2D eigenvalue weighted by atomic mass is 9.47. The van der Waals surface area contributed by atoms with Crippen LogP contribution in [0.15, 0.2) is 11.8 Å². The summed E-state index contributed by atoms with van der Waals surface area (Å²) in [5.74, 6) is 0.994. The molecule has 4 aliphatic rings. The molecular weight excluding hydrogens is 378 g/mol. The predicted octanol–water partition coefficient (Wildman–Crippen LogP) is 4.65. The Balaban J connectivity index is 0.00000124. The van der Waals surface area contributed by atoms with Gasteiger partial charge in [-0.05, 0) is 69.1 Å². The van der Waals surface area contributed by atoms with Gasteiger partial charge in [0.1, 0.15) is 0 Å². The molecule has 3 aliphatic carbocycles. The molecule has 3 fully saturated rings. The molecule has 172 valence electrons.